The average molecular weight is 477 g/mol. The van der Waals surface area contributed by atoms with Gasteiger partial charge in [0, 0.05) is 5.56 Å². The Morgan fingerprint density at radius 2 is 0.848 bits per heavy atom. The third kappa shape index (κ3) is 19.5. The van der Waals surface area contributed by atoms with E-state index in [1.54, 1.807) is 24.3 Å². The fraction of sp³-hybridized carbons (Fsp3) is 0.696. The maximum atomic E-state index is 11.8. The second-order valence-corrected chi connectivity index (χ2v) is 6.51. The highest BCUT2D eigenvalue weighted by molar-refractivity contribution is 5.74. The third-order valence-corrected chi connectivity index (χ3v) is 3.97. The lowest BCUT2D eigenvalue weighted by Crippen LogP contribution is -2.15. The molecule has 0 saturated heterocycles. The molecule has 0 heterocycles. The van der Waals surface area contributed by atoms with Crippen LogP contribution in [0.1, 0.15) is 10.4 Å². The molecule has 10 heteroatoms. The van der Waals surface area contributed by atoms with Crippen molar-refractivity contribution in [1.29, 1.82) is 0 Å². The number of ether oxygens (including phenoxy) is 8. The molecule has 0 aliphatic heterocycles. The van der Waals surface area contributed by atoms with Gasteiger partial charge in [0.05, 0.1) is 92.5 Å². The average Bonchev–Trinajstić information content (AvgIpc) is 2.85. The minimum atomic E-state index is -0.474. The van der Waals surface area contributed by atoms with E-state index < -0.39 is 6.67 Å². The van der Waals surface area contributed by atoms with Gasteiger partial charge in [-0.05, 0) is 24.3 Å². The minimum absolute atomic E-state index is 0.113. The van der Waals surface area contributed by atoms with Crippen LogP contribution in [0, 0.1) is 0 Å². The molecule has 0 spiro atoms. The lowest BCUT2D eigenvalue weighted by Gasteiger charge is -2.09. The Morgan fingerprint density at radius 3 is 1.18 bits per heavy atom. The fourth-order valence-corrected chi connectivity index (χ4v) is 2.34. The summed E-state index contributed by atoms with van der Waals surface area (Å²) in [5, 5.41) is 0. The number of hydrogen-bond donors (Lipinski definition) is 0. The van der Waals surface area contributed by atoms with Crippen molar-refractivity contribution < 1.29 is 47.1 Å². The fourth-order valence-electron chi connectivity index (χ4n) is 2.34. The summed E-state index contributed by atoms with van der Waals surface area (Å²) in [5.74, 6) is 0.702. The Labute approximate surface area is 195 Å². The van der Waals surface area contributed by atoms with Gasteiger partial charge in [0.25, 0.3) is 0 Å². The van der Waals surface area contributed by atoms with Crippen LogP contribution in [0.15, 0.2) is 24.3 Å². The van der Waals surface area contributed by atoms with Gasteiger partial charge in [-0.1, -0.05) is 0 Å². The summed E-state index contributed by atoms with van der Waals surface area (Å²) in [5.41, 5.74) is 0.617. The molecule has 0 saturated carbocycles. The number of hydrogen-bond acceptors (Lipinski definition) is 9. The molecule has 0 fully saturated rings. The van der Waals surface area contributed by atoms with Gasteiger partial charge >= 0.3 is 0 Å². The minimum Gasteiger partial charge on any atom is -0.491 e. The highest BCUT2D eigenvalue weighted by atomic mass is 19.1. The molecule has 0 N–H and O–H groups in total. The molecule has 0 aliphatic rings. The second kappa shape index (κ2) is 23.5. The van der Waals surface area contributed by atoms with E-state index in [0.29, 0.717) is 104 Å². The predicted octanol–water partition coefficient (Wildman–Crippen LogP) is 1.96. The molecule has 0 amide bonds. The van der Waals surface area contributed by atoms with Gasteiger partial charge in [-0.2, -0.15) is 0 Å². The number of halogens is 1. The molecule has 0 unspecified atom stereocenters. The summed E-state index contributed by atoms with van der Waals surface area (Å²) in [6, 6.07) is 6.91. The molecule has 190 valence electrons. The Kier molecular flexibility index (Phi) is 20.9. The molecule has 0 bridgehead atoms. The lowest BCUT2D eigenvalue weighted by molar-refractivity contribution is -0.0214. The van der Waals surface area contributed by atoms with E-state index in [2.05, 4.69) is 0 Å². The van der Waals surface area contributed by atoms with Crippen LogP contribution >= 0.6 is 0 Å². The van der Waals surface area contributed by atoms with E-state index in [0.717, 1.165) is 6.29 Å². The summed E-state index contributed by atoms with van der Waals surface area (Å²) in [6.07, 6.45) is 0.794. The van der Waals surface area contributed by atoms with Crippen LogP contribution in [0.4, 0.5) is 4.39 Å². The van der Waals surface area contributed by atoms with Gasteiger partial charge < -0.3 is 37.9 Å². The van der Waals surface area contributed by atoms with Crippen LogP contribution in [0.3, 0.4) is 0 Å². The quantitative estimate of drug-likeness (QED) is 0.155. The predicted molar refractivity (Wildman–Crippen MR) is 119 cm³/mol. The van der Waals surface area contributed by atoms with Crippen molar-refractivity contribution in [3.05, 3.63) is 29.8 Å². The number of rotatable bonds is 25. The maximum absolute atomic E-state index is 11.8. The van der Waals surface area contributed by atoms with Crippen LogP contribution in [-0.2, 0) is 33.2 Å². The highest BCUT2D eigenvalue weighted by Crippen LogP contribution is 2.10. The summed E-state index contributed by atoms with van der Waals surface area (Å²) in [7, 11) is 0. The number of alkyl halides is 1. The van der Waals surface area contributed by atoms with Crippen molar-refractivity contribution in [2.75, 3.05) is 106 Å². The van der Waals surface area contributed by atoms with E-state index in [4.69, 9.17) is 37.9 Å². The van der Waals surface area contributed by atoms with Gasteiger partial charge in [-0.3, -0.25) is 4.79 Å². The molecule has 0 aromatic heterocycles. The SMILES string of the molecule is O=Cc1ccc(OCCOCCOCCOCCOCCOCCOCCOCCF)cc1. The van der Waals surface area contributed by atoms with E-state index in [-0.39, 0.29) is 6.61 Å². The molecular formula is C23H37FO9. The van der Waals surface area contributed by atoms with E-state index in [1.165, 1.54) is 0 Å². The molecule has 0 aliphatic carbocycles. The second-order valence-electron chi connectivity index (χ2n) is 6.51. The number of aldehydes is 1. The van der Waals surface area contributed by atoms with Crippen LogP contribution < -0.4 is 4.74 Å². The summed E-state index contributed by atoms with van der Waals surface area (Å²) < 4.78 is 54.5. The lowest BCUT2D eigenvalue weighted by atomic mass is 10.2. The third-order valence-electron chi connectivity index (χ3n) is 3.97. The van der Waals surface area contributed by atoms with Crippen LogP contribution in [0.25, 0.3) is 0 Å². The van der Waals surface area contributed by atoms with Crippen LogP contribution in [0.2, 0.25) is 0 Å². The normalized spacial score (nSPS) is 11.1. The largest absolute Gasteiger partial charge is 0.491 e. The van der Waals surface area contributed by atoms with E-state index in [9.17, 15) is 9.18 Å². The van der Waals surface area contributed by atoms with Gasteiger partial charge in [-0.25, -0.2) is 4.39 Å². The zero-order valence-corrected chi connectivity index (χ0v) is 19.3. The maximum Gasteiger partial charge on any atom is 0.150 e. The van der Waals surface area contributed by atoms with Crippen molar-refractivity contribution in [3.8, 4) is 5.75 Å². The summed E-state index contributed by atoms with van der Waals surface area (Å²) >= 11 is 0. The summed E-state index contributed by atoms with van der Waals surface area (Å²) in [4.78, 5) is 10.6. The van der Waals surface area contributed by atoms with Gasteiger partial charge in [0.2, 0.25) is 0 Å². The van der Waals surface area contributed by atoms with E-state index >= 15 is 0 Å². The van der Waals surface area contributed by atoms with Gasteiger partial charge in [0.1, 0.15) is 25.3 Å². The Morgan fingerprint density at radius 1 is 0.515 bits per heavy atom. The molecule has 1 aromatic carbocycles. The van der Waals surface area contributed by atoms with Crippen LogP contribution in [-0.4, -0.2) is 112 Å². The molecule has 0 atom stereocenters. The first-order valence-corrected chi connectivity index (χ1v) is 11.1. The standard InChI is InChI=1S/C23H37FO9/c24-5-6-26-7-8-27-9-10-28-11-12-29-13-14-30-15-16-31-17-18-32-19-20-33-23-3-1-22(21-25)2-4-23/h1-4,21H,5-20H2. The number of carbonyl (C=O) groups excluding carboxylic acids is 1. The monoisotopic (exact) mass is 476 g/mol. The smallest absolute Gasteiger partial charge is 0.150 e. The highest BCUT2D eigenvalue weighted by Gasteiger charge is 1.96. The van der Waals surface area contributed by atoms with Crippen LogP contribution in [0.5, 0.6) is 5.75 Å². The number of carbonyl (C=O) groups is 1. The van der Waals surface area contributed by atoms with Gasteiger partial charge in [-0.15, -0.1) is 0 Å². The molecule has 1 rings (SSSR count). The molecule has 33 heavy (non-hydrogen) atoms. The van der Waals surface area contributed by atoms with Crippen molar-refractivity contribution in [1.82, 2.24) is 0 Å². The van der Waals surface area contributed by atoms with Crippen molar-refractivity contribution >= 4 is 6.29 Å². The molecule has 0 radical (unpaired) electrons. The Bertz CT molecular complexity index is 545. The summed E-state index contributed by atoms with van der Waals surface area (Å²) in [6.45, 7) is 6.22. The zero-order chi connectivity index (χ0) is 23.7. The van der Waals surface area contributed by atoms with Crippen molar-refractivity contribution in [2.45, 2.75) is 0 Å². The first kappa shape index (κ1) is 29.4. The molecule has 1 aromatic rings. The zero-order valence-electron chi connectivity index (χ0n) is 19.3. The Hall–Kier alpha value is -1.66. The number of benzene rings is 1. The molecular weight excluding hydrogens is 439 g/mol. The first-order valence-electron chi connectivity index (χ1n) is 11.1. The van der Waals surface area contributed by atoms with E-state index in [1.807, 2.05) is 0 Å². The van der Waals surface area contributed by atoms with Crippen molar-refractivity contribution in [2.24, 2.45) is 0 Å². The Balaban J connectivity index is 1.69. The first-order chi connectivity index (χ1) is 16.4. The molecule has 9 nitrogen and oxygen atoms in total. The van der Waals surface area contributed by atoms with Gasteiger partial charge in [0.15, 0.2) is 0 Å². The topological polar surface area (TPSA) is 90.9 Å². The van der Waals surface area contributed by atoms with Crippen molar-refractivity contribution in [3.63, 3.8) is 0 Å².